The van der Waals surface area contributed by atoms with E-state index in [0.29, 0.717) is 0 Å². The summed E-state index contributed by atoms with van der Waals surface area (Å²) in [6, 6.07) is 21.5. The predicted molar refractivity (Wildman–Crippen MR) is 103 cm³/mol. The summed E-state index contributed by atoms with van der Waals surface area (Å²) in [6.45, 7) is 2.17. The highest BCUT2D eigenvalue weighted by Gasteiger charge is 2.09. The van der Waals surface area contributed by atoms with E-state index in [0.717, 1.165) is 27.6 Å². The molecule has 0 heterocycles. The lowest BCUT2D eigenvalue weighted by atomic mass is 10.1. The highest BCUT2D eigenvalue weighted by molar-refractivity contribution is 5.92. The fraction of sp³-hybridized carbons (Fsp3) is 0.182. The molecule has 26 heavy (non-hydrogen) atoms. The van der Waals surface area contributed by atoms with Gasteiger partial charge in [-0.25, -0.2) is 0 Å². The van der Waals surface area contributed by atoms with Crippen molar-refractivity contribution < 1.29 is 14.3 Å². The maximum Gasteiger partial charge on any atom is 0.306 e. The second-order valence-electron chi connectivity index (χ2n) is 6.26. The zero-order chi connectivity index (χ0) is 18.4. The van der Waals surface area contributed by atoms with Crippen molar-refractivity contribution in [3.05, 3.63) is 77.9 Å². The lowest BCUT2D eigenvalue weighted by molar-refractivity contribution is -0.145. The Kier molecular flexibility index (Phi) is 5.64. The van der Waals surface area contributed by atoms with Crippen LogP contribution in [0.25, 0.3) is 10.8 Å². The predicted octanol–water partition coefficient (Wildman–Crippen LogP) is 4.61. The van der Waals surface area contributed by atoms with Gasteiger partial charge >= 0.3 is 5.97 Å². The molecule has 0 fully saturated rings. The normalized spacial score (nSPS) is 10.5. The first-order chi connectivity index (χ1) is 12.6. The van der Waals surface area contributed by atoms with Crippen LogP contribution in [0.3, 0.4) is 0 Å². The number of aryl methyl sites for hydroxylation is 1. The van der Waals surface area contributed by atoms with Crippen molar-refractivity contribution in [3.63, 3.8) is 0 Å². The summed E-state index contributed by atoms with van der Waals surface area (Å²) in [6.07, 6.45) is 0.162. The van der Waals surface area contributed by atoms with E-state index in [1.807, 2.05) is 73.7 Å². The third-order valence-corrected chi connectivity index (χ3v) is 4.07. The smallest absolute Gasteiger partial charge is 0.306 e. The topological polar surface area (TPSA) is 55.4 Å². The molecule has 4 heteroatoms. The van der Waals surface area contributed by atoms with E-state index >= 15 is 0 Å². The van der Waals surface area contributed by atoms with E-state index in [1.54, 1.807) is 0 Å². The number of ether oxygens (including phenoxy) is 1. The number of carbonyl (C=O) groups is 2. The van der Waals surface area contributed by atoms with Crippen molar-refractivity contribution in [2.75, 3.05) is 5.32 Å². The summed E-state index contributed by atoms with van der Waals surface area (Å²) in [5, 5.41) is 5.04. The molecule has 0 aromatic heterocycles. The number of carbonyl (C=O) groups excluding carboxylic acids is 2. The monoisotopic (exact) mass is 347 g/mol. The van der Waals surface area contributed by atoms with Crippen LogP contribution < -0.4 is 5.32 Å². The molecule has 3 aromatic carbocycles. The molecule has 0 unspecified atom stereocenters. The molecule has 0 saturated heterocycles. The minimum atomic E-state index is -0.377. The number of fused-ring (bicyclic) bond motifs is 1. The molecule has 0 aliphatic rings. The van der Waals surface area contributed by atoms with E-state index in [2.05, 4.69) is 5.32 Å². The second kappa shape index (κ2) is 8.30. The van der Waals surface area contributed by atoms with Gasteiger partial charge < -0.3 is 10.1 Å². The largest absolute Gasteiger partial charge is 0.461 e. The third-order valence-electron chi connectivity index (χ3n) is 4.07. The van der Waals surface area contributed by atoms with Crippen LogP contribution in [0.15, 0.2) is 66.7 Å². The summed E-state index contributed by atoms with van der Waals surface area (Å²) >= 11 is 0. The molecule has 0 spiro atoms. The maximum absolute atomic E-state index is 11.9. The van der Waals surface area contributed by atoms with E-state index in [9.17, 15) is 9.59 Å². The zero-order valence-corrected chi connectivity index (χ0v) is 14.7. The number of benzene rings is 3. The molecule has 1 amide bonds. The summed E-state index contributed by atoms with van der Waals surface area (Å²) in [4.78, 5) is 23.8. The molecular formula is C22H21NO3. The lowest BCUT2D eigenvalue weighted by Gasteiger charge is -2.07. The summed E-state index contributed by atoms with van der Waals surface area (Å²) < 4.78 is 5.28. The van der Waals surface area contributed by atoms with Gasteiger partial charge in [0.15, 0.2) is 0 Å². The van der Waals surface area contributed by atoms with Crippen molar-refractivity contribution in [2.24, 2.45) is 0 Å². The highest BCUT2D eigenvalue weighted by atomic mass is 16.5. The molecule has 132 valence electrons. The Balaban J connectivity index is 1.45. The number of anilines is 1. The van der Waals surface area contributed by atoms with E-state index in [4.69, 9.17) is 4.74 Å². The van der Waals surface area contributed by atoms with Crippen molar-refractivity contribution in [1.29, 1.82) is 0 Å². The Labute approximate surface area is 152 Å². The first-order valence-corrected chi connectivity index (χ1v) is 8.60. The number of amides is 1. The van der Waals surface area contributed by atoms with Crippen LogP contribution >= 0.6 is 0 Å². The van der Waals surface area contributed by atoms with E-state index in [-0.39, 0.29) is 31.3 Å². The fourth-order valence-electron chi connectivity index (χ4n) is 2.73. The molecule has 0 atom stereocenters. The molecule has 1 N–H and O–H groups in total. The van der Waals surface area contributed by atoms with Crippen LogP contribution in [-0.4, -0.2) is 11.9 Å². The van der Waals surface area contributed by atoms with E-state index in [1.165, 1.54) is 0 Å². The standard InChI is InChI=1S/C22H21NO3/c1-16-5-4-8-20(13-16)23-21(24)11-12-22(25)26-15-17-9-10-18-6-2-3-7-19(18)14-17/h2-10,13-14H,11-12,15H2,1H3,(H,23,24). The van der Waals surface area contributed by atoms with Crippen molar-refractivity contribution in [1.82, 2.24) is 0 Å². The average Bonchev–Trinajstić information content (AvgIpc) is 2.64. The van der Waals surface area contributed by atoms with Gasteiger partial charge in [0.25, 0.3) is 0 Å². The fourth-order valence-corrected chi connectivity index (χ4v) is 2.73. The van der Waals surface area contributed by atoms with Crippen molar-refractivity contribution >= 4 is 28.3 Å². The summed E-state index contributed by atoms with van der Waals surface area (Å²) in [7, 11) is 0. The Morgan fingerprint density at radius 2 is 1.69 bits per heavy atom. The Bertz CT molecular complexity index is 933. The third kappa shape index (κ3) is 4.93. The molecular weight excluding hydrogens is 326 g/mol. The van der Waals surface area contributed by atoms with Gasteiger partial charge in [-0.15, -0.1) is 0 Å². The van der Waals surface area contributed by atoms with Crippen LogP contribution in [0, 0.1) is 6.92 Å². The van der Waals surface area contributed by atoms with Gasteiger partial charge in [-0.05, 0) is 47.0 Å². The van der Waals surface area contributed by atoms with Gasteiger partial charge in [0, 0.05) is 12.1 Å². The minimum Gasteiger partial charge on any atom is -0.461 e. The van der Waals surface area contributed by atoms with Crippen LogP contribution in [0.2, 0.25) is 0 Å². The molecule has 3 rings (SSSR count). The number of nitrogens with one attached hydrogen (secondary N) is 1. The minimum absolute atomic E-state index is 0.0607. The number of rotatable bonds is 6. The van der Waals surface area contributed by atoms with Gasteiger partial charge in [-0.1, -0.05) is 48.5 Å². The SMILES string of the molecule is Cc1cccc(NC(=O)CCC(=O)OCc2ccc3ccccc3c2)c1. The molecule has 0 radical (unpaired) electrons. The first kappa shape index (κ1) is 17.7. The van der Waals surface area contributed by atoms with Crippen LogP contribution in [0.5, 0.6) is 0 Å². The quantitative estimate of drug-likeness (QED) is 0.663. The molecule has 0 bridgehead atoms. The Hall–Kier alpha value is -3.14. The van der Waals surface area contributed by atoms with Gasteiger partial charge in [-0.2, -0.15) is 0 Å². The van der Waals surface area contributed by atoms with E-state index < -0.39 is 0 Å². The first-order valence-electron chi connectivity index (χ1n) is 8.60. The number of hydrogen-bond acceptors (Lipinski definition) is 3. The van der Waals surface area contributed by atoms with Crippen LogP contribution in [0.1, 0.15) is 24.0 Å². The molecule has 3 aromatic rings. The molecule has 0 aliphatic carbocycles. The second-order valence-corrected chi connectivity index (χ2v) is 6.26. The van der Waals surface area contributed by atoms with Gasteiger partial charge in [0.2, 0.25) is 5.91 Å². The Morgan fingerprint density at radius 1 is 0.885 bits per heavy atom. The van der Waals surface area contributed by atoms with Gasteiger partial charge in [-0.3, -0.25) is 9.59 Å². The average molecular weight is 347 g/mol. The summed E-state index contributed by atoms with van der Waals surface area (Å²) in [5.41, 5.74) is 2.73. The zero-order valence-electron chi connectivity index (χ0n) is 14.7. The van der Waals surface area contributed by atoms with Crippen LogP contribution in [-0.2, 0) is 20.9 Å². The number of hydrogen-bond donors (Lipinski definition) is 1. The molecule has 0 aliphatic heterocycles. The lowest BCUT2D eigenvalue weighted by Crippen LogP contribution is -2.14. The number of esters is 1. The highest BCUT2D eigenvalue weighted by Crippen LogP contribution is 2.16. The molecule has 0 saturated carbocycles. The summed E-state index contributed by atoms with van der Waals surface area (Å²) in [5.74, 6) is -0.573. The van der Waals surface area contributed by atoms with Crippen LogP contribution in [0.4, 0.5) is 5.69 Å². The molecule has 4 nitrogen and oxygen atoms in total. The van der Waals surface area contributed by atoms with Crippen molar-refractivity contribution in [3.8, 4) is 0 Å². The Morgan fingerprint density at radius 3 is 2.50 bits per heavy atom. The van der Waals surface area contributed by atoms with Gasteiger partial charge in [0.1, 0.15) is 6.61 Å². The maximum atomic E-state index is 11.9. The van der Waals surface area contributed by atoms with Crippen molar-refractivity contribution in [2.45, 2.75) is 26.4 Å². The van der Waals surface area contributed by atoms with Gasteiger partial charge in [0.05, 0.1) is 6.42 Å².